The van der Waals surface area contributed by atoms with Crippen molar-refractivity contribution < 1.29 is 4.79 Å². The van der Waals surface area contributed by atoms with Gasteiger partial charge in [-0.3, -0.25) is 14.8 Å². The van der Waals surface area contributed by atoms with Crippen LogP contribution in [0.1, 0.15) is 29.4 Å². The van der Waals surface area contributed by atoms with Crippen molar-refractivity contribution >= 4 is 18.2 Å². The van der Waals surface area contributed by atoms with Gasteiger partial charge < -0.3 is 5.73 Å². The second-order valence-electron chi connectivity index (χ2n) is 2.89. The number of anilines is 1. The first kappa shape index (κ1) is 10.4. The Hall–Kier alpha value is -1.71. The van der Waals surface area contributed by atoms with E-state index in [4.69, 9.17) is 5.73 Å². The SMILES string of the molecule is CCCN=Cc1cc(C=O)ncc1N. The summed E-state index contributed by atoms with van der Waals surface area (Å²) in [6, 6.07) is 1.63. The molecular weight excluding hydrogens is 178 g/mol. The van der Waals surface area contributed by atoms with E-state index in [2.05, 4.69) is 9.98 Å². The summed E-state index contributed by atoms with van der Waals surface area (Å²) in [7, 11) is 0. The van der Waals surface area contributed by atoms with E-state index < -0.39 is 0 Å². The second-order valence-corrected chi connectivity index (χ2v) is 2.89. The molecule has 0 aliphatic heterocycles. The fourth-order valence-corrected chi connectivity index (χ4v) is 0.967. The van der Waals surface area contributed by atoms with Crippen LogP contribution in [-0.2, 0) is 0 Å². The van der Waals surface area contributed by atoms with Gasteiger partial charge in [0.05, 0.1) is 11.9 Å². The second kappa shape index (κ2) is 5.11. The van der Waals surface area contributed by atoms with Gasteiger partial charge in [-0.1, -0.05) is 6.92 Å². The molecule has 1 aromatic rings. The van der Waals surface area contributed by atoms with Crippen molar-refractivity contribution in [3.05, 3.63) is 23.5 Å². The molecule has 0 amide bonds. The molecular formula is C10H13N3O. The summed E-state index contributed by atoms with van der Waals surface area (Å²) < 4.78 is 0. The highest BCUT2D eigenvalue weighted by molar-refractivity contribution is 5.89. The van der Waals surface area contributed by atoms with Gasteiger partial charge in [0, 0.05) is 18.3 Å². The minimum atomic E-state index is 0.372. The average molecular weight is 191 g/mol. The zero-order valence-corrected chi connectivity index (χ0v) is 8.10. The first-order valence-corrected chi connectivity index (χ1v) is 4.48. The van der Waals surface area contributed by atoms with Gasteiger partial charge >= 0.3 is 0 Å². The third-order valence-electron chi connectivity index (χ3n) is 1.69. The Bertz CT molecular complexity index is 347. The molecule has 1 rings (SSSR count). The number of carbonyl (C=O) groups excluding carboxylic acids is 1. The number of aromatic nitrogens is 1. The molecule has 0 fully saturated rings. The molecule has 0 saturated carbocycles. The normalized spacial score (nSPS) is 10.6. The largest absolute Gasteiger partial charge is 0.397 e. The third kappa shape index (κ3) is 2.65. The van der Waals surface area contributed by atoms with Gasteiger partial charge in [0.2, 0.25) is 0 Å². The summed E-state index contributed by atoms with van der Waals surface area (Å²) in [5.74, 6) is 0. The third-order valence-corrected chi connectivity index (χ3v) is 1.69. The molecule has 0 unspecified atom stereocenters. The number of nitrogen functional groups attached to an aromatic ring is 1. The number of pyridine rings is 1. The van der Waals surface area contributed by atoms with Crippen LogP contribution in [0.3, 0.4) is 0 Å². The molecule has 0 radical (unpaired) electrons. The predicted octanol–water partition coefficient (Wildman–Crippen LogP) is 1.31. The molecule has 0 aliphatic carbocycles. The fourth-order valence-electron chi connectivity index (χ4n) is 0.967. The highest BCUT2D eigenvalue weighted by Crippen LogP contribution is 2.07. The van der Waals surface area contributed by atoms with Crippen molar-refractivity contribution in [1.82, 2.24) is 4.98 Å². The van der Waals surface area contributed by atoms with E-state index in [1.165, 1.54) is 6.20 Å². The van der Waals surface area contributed by atoms with Crippen LogP contribution >= 0.6 is 0 Å². The fraction of sp³-hybridized carbons (Fsp3) is 0.300. The minimum absolute atomic E-state index is 0.372. The van der Waals surface area contributed by atoms with Crippen LogP contribution in [0, 0.1) is 0 Å². The van der Waals surface area contributed by atoms with E-state index in [9.17, 15) is 4.79 Å². The van der Waals surface area contributed by atoms with Gasteiger partial charge in [-0.15, -0.1) is 0 Å². The molecule has 0 aliphatic rings. The van der Waals surface area contributed by atoms with Crippen molar-refractivity contribution in [3.63, 3.8) is 0 Å². The predicted molar refractivity (Wildman–Crippen MR) is 56.8 cm³/mol. The van der Waals surface area contributed by atoms with Gasteiger partial charge in [0.25, 0.3) is 0 Å². The highest BCUT2D eigenvalue weighted by atomic mass is 16.1. The van der Waals surface area contributed by atoms with Crippen LogP contribution < -0.4 is 5.73 Å². The van der Waals surface area contributed by atoms with Gasteiger partial charge in [-0.2, -0.15) is 0 Å². The first-order chi connectivity index (χ1) is 6.77. The molecule has 14 heavy (non-hydrogen) atoms. The van der Waals surface area contributed by atoms with Crippen LogP contribution in [0.4, 0.5) is 5.69 Å². The van der Waals surface area contributed by atoms with E-state index in [1.54, 1.807) is 12.3 Å². The van der Waals surface area contributed by atoms with Crippen LogP contribution in [0.5, 0.6) is 0 Å². The molecule has 0 spiro atoms. The Morgan fingerprint density at radius 2 is 2.43 bits per heavy atom. The monoisotopic (exact) mass is 191 g/mol. The number of hydrogen-bond acceptors (Lipinski definition) is 4. The van der Waals surface area contributed by atoms with E-state index in [0.29, 0.717) is 17.7 Å². The van der Waals surface area contributed by atoms with Crippen molar-refractivity contribution in [3.8, 4) is 0 Å². The average Bonchev–Trinajstić information content (AvgIpc) is 2.21. The molecule has 4 nitrogen and oxygen atoms in total. The van der Waals surface area contributed by atoms with E-state index in [0.717, 1.165) is 18.5 Å². The Kier molecular flexibility index (Phi) is 3.79. The zero-order chi connectivity index (χ0) is 10.4. The first-order valence-electron chi connectivity index (χ1n) is 4.48. The molecule has 2 N–H and O–H groups in total. The zero-order valence-electron chi connectivity index (χ0n) is 8.10. The number of nitrogens with zero attached hydrogens (tertiary/aromatic N) is 2. The maximum atomic E-state index is 10.5. The maximum absolute atomic E-state index is 10.5. The minimum Gasteiger partial charge on any atom is -0.397 e. The lowest BCUT2D eigenvalue weighted by molar-refractivity contribution is 0.111. The summed E-state index contributed by atoms with van der Waals surface area (Å²) in [4.78, 5) is 18.4. The number of hydrogen-bond donors (Lipinski definition) is 1. The summed E-state index contributed by atoms with van der Waals surface area (Å²) in [6.45, 7) is 2.81. The summed E-state index contributed by atoms with van der Waals surface area (Å²) in [5, 5.41) is 0. The Morgan fingerprint density at radius 1 is 1.64 bits per heavy atom. The van der Waals surface area contributed by atoms with Crippen molar-refractivity contribution in [1.29, 1.82) is 0 Å². The molecule has 74 valence electrons. The summed E-state index contributed by atoms with van der Waals surface area (Å²) >= 11 is 0. The Morgan fingerprint density at radius 3 is 3.07 bits per heavy atom. The van der Waals surface area contributed by atoms with Gasteiger partial charge in [0.15, 0.2) is 6.29 Å². The lowest BCUT2D eigenvalue weighted by Gasteiger charge is -1.99. The molecule has 1 aromatic heterocycles. The quantitative estimate of drug-likeness (QED) is 0.576. The van der Waals surface area contributed by atoms with Gasteiger partial charge in [0.1, 0.15) is 5.69 Å². The van der Waals surface area contributed by atoms with Gasteiger partial charge in [-0.25, -0.2) is 0 Å². The van der Waals surface area contributed by atoms with Gasteiger partial charge in [-0.05, 0) is 12.5 Å². The smallest absolute Gasteiger partial charge is 0.168 e. The van der Waals surface area contributed by atoms with Crippen molar-refractivity contribution in [2.24, 2.45) is 4.99 Å². The Balaban J connectivity index is 2.89. The Labute approximate surface area is 82.9 Å². The summed E-state index contributed by atoms with van der Waals surface area (Å²) in [5.41, 5.74) is 7.31. The van der Waals surface area contributed by atoms with E-state index in [-0.39, 0.29) is 0 Å². The van der Waals surface area contributed by atoms with E-state index >= 15 is 0 Å². The lowest BCUT2D eigenvalue weighted by atomic mass is 10.2. The van der Waals surface area contributed by atoms with Crippen molar-refractivity contribution in [2.45, 2.75) is 13.3 Å². The molecule has 0 saturated heterocycles. The molecule has 0 aromatic carbocycles. The summed E-state index contributed by atoms with van der Waals surface area (Å²) in [6.07, 6.45) is 4.82. The lowest BCUT2D eigenvalue weighted by Crippen LogP contribution is -1.98. The number of aldehydes is 1. The molecule has 0 bridgehead atoms. The molecule has 1 heterocycles. The van der Waals surface area contributed by atoms with Crippen molar-refractivity contribution in [2.75, 3.05) is 12.3 Å². The standard InChI is InChI=1S/C10H13N3O/c1-2-3-12-5-8-4-9(7-14)13-6-10(8)11/h4-7H,2-3,11H2,1H3. The van der Waals surface area contributed by atoms with Crippen LogP contribution in [0.25, 0.3) is 0 Å². The van der Waals surface area contributed by atoms with Crippen LogP contribution in [-0.4, -0.2) is 24.0 Å². The molecule has 0 atom stereocenters. The highest BCUT2D eigenvalue weighted by Gasteiger charge is 1.98. The number of carbonyl (C=O) groups is 1. The topological polar surface area (TPSA) is 68.3 Å². The number of aliphatic imine (C=N–C) groups is 1. The number of rotatable bonds is 4. The maximum Gasteiger partial charge on any atom is 0.168 e. The molecule has 4 heteroatoms. The number of nitrogens with two attached hydrogens (primary N) is 1. The van der Waals surface area contributed by atoms with E-state index in [1.807, 2.05) is 6.92 Å². The van der Waals surface area contributed by atoms with Crippen LogP contribution in [0.15, 0.2) is 17.3 Å². The van der Waals surface area contributed by atoms with Crippen LogP contribution in [0.2, 0.25) is 0 Å².